The van der Waals surface area contributed by atoms with Gasteiger partial charge in [-0.2, -0.15) is 0 Å². The van der Waals surface area contributed by atoms with Gasteiger partial charge in [0.05, 0.1) is 0 Å². The van der Waals surface area contributed by atoms with Crippen molar-refractivity contribution in [3.05, 3.63) is 72.4 Å². The van der Waals surface area contributed by atoms with Crippen LogP contribution in [-0.4, -0.2) is 4.98 Å². The fourth-order valence-electron chi connectivity index (χ4n) is 2.09. The zero-order valence-corrected chi connectivity index (χ0v) is 10.4. The largest absolute Gasteiger partial charge is 0.361 e. The molecular weight excluding hydrogens is 218 g/mol. The molecule has 1 heterocycles. The number of H-pyrrole nitrogens is 1. The standard InChI is InChI=1S/C17H15N/c1-13-7-9-14(10-8-13)16-11-17(18-12-16)15-5-3-2-4-6-15/h2-12,18H,1H3. The molecule has 1 nitrogen and oxygen atoms in total. The van der Waals surface area contributed by atoms with Crippen LogP contribution in [0.15, 0.2) is 66.9 Å². The lowest BCUT2D eigenvalue weighted by molar-refractivity contribution is 1.40. The van der Waals surface area contributed by atoms with Crippen LogP contribution in [0.3, 0.4) is 0 Å². The minimum absolute atomic E-state index is 1.16. The Morgan fingerprint density at radius 2 is 1.44 bits per heavy atom. The Kier molecular flexibility index (Phi) is 2.73. The third kappa shape index (κ3) is 2.07. The van der Waals surface area contributed by atoms with Crippen LogP contribution < -0.4 is 0 Å². The van der Waals surface area contributed by atoms with Gasteiger partial charge in [-0.3, -0.25) is 0 Å². The highest BCUT2D eigenvalue weighted by Gasteiger charge is 2.03. The van der Waals surface area contributed by atoms with E-state index in [1.165, 1.54) is 22.3 Å². The molecule has 3 rings (SSSR count). The van der Waals surface area contributed by atoms with Crippen molar-refractivity contribution in [2.75, 3.05) is 0 Å². The number of aryl methyl sites for hydroxylation is 1. The van der Waals surface area contributed by atoms with Gasteiger partial charge >= 0.3 is 0 Å². The summed E-state index contributed by atoms with van der Waals surface area (Å²) in [6, 6.07) is 21.2. The van der Waals surface area contributed by atoms with E-state index >= 15 is 0 Å². The number of rotatable bonds is 2. The first-order chi connectivity index (χ1) is 8.83. The average molecular weight is 233 g/mol. The molecule has 0 aliphatic rings. The SMILES string of the molecule is Cc1ccc(-c2c[nH]c(-c3ccccc3)c2)cc1. The van der Waals surface area contributed by atoms with E-state index in [1.54, 1.807) is 0 Å². The zero-order chi connectivity index (χ0) is 12.4. The minimum Gasteiger partial charge on any atom is -0.361 e. The summed E-state index contributed by atoms with van der Waals surface area (Å²) >= 11 is 0. The van der Waals surface area contributed by atoms with Crippen LogP contribution in [0.2, 0.25) is 0 Å². The number of hydrogen-bond donors (Lipinski definition) is 1. The summed E-state index contributed by atoms with van der Waals surface area (Å²) in [7, 11) is 0. The summed E-state index contributed by atoms with van der Waals surface area (Å²) in [5.74, 6) is 0. The van der Waals surface area contributed by atoms with Gasteiger partial charge in [0.25, 0.3) is 0 Å². The van der Waals surface area contributed by atoms with Gasteiger partial charge in [-0.05, 0) is 29.7 Å². The van der Waals surface area contributed by atoms with Gasteiger partial charge in [-0.1, -0.05) is 60.2 Å². The van der Waals surface area contributed by atoms with E-state index in [4.69, 9.17) is 0 Å². The second-order valence-electron chi connectivity index (χ2n) is 4.53. The molecule has 18 heavy (non-hydrogen) atoms. The smallest absolute Gasteiger partial charge is 0.0460 e. The molecule has 0 saturated heterocycles. The molecule has 3 aromatic rings. The maximum Gasteiger partial charge on any atom is 0.0460 e. The molecule has 1 heteroatoms. The van der Waals surface area contributed by atoms with Crippen LogP contribution in [0.25, 0.3) is 22.4 Å². The Bertz CT molecular complexity index is 633. The van der Waals surface area contributed by atoms with E-state index in [1.807, 2.05) is 6.07 Å². The zero-order valence-electron chi connectivity index (χ0n) is 10.4. The normalized spacial score (nSPS) is 10.5. The maximum absolute atomic E-state index is 3.34. The predicted octanol–water partition coefficient (Wildman–Crippen LogP) is 4.66. The van der Waals surface area contributed by atoms with Crippen LogP contribution in [0.4, 0.5) is 0 Å². The summed E-state index contributed by atoms with van der Waals surface area (Å²) in [6.07, 6.45) is 2.06. The van der Waals surface area contributed by atoms with Crippen LogP contribution in [0.1, 0.15) is 5.56 Å². The van der Waals surface area contributed by atoms with Crippen molar-refractivity contribution in [1.29, 1.82) is 0 Å². The maximum atomic E-state index is 3.34. The van der Waals surface area contributed by atoms with Gasteiger partial charge < -0.3 is 4.98 Å². The van der Waals surface area contributed by atoms with Crippen LogP contribution in [0, 0.1) is 6.92 Å². The molecule has 1 aromatic heterocycles. The van der Waals surface area contributed by atoms with Crippen LogP contribution >= 0.6 is 0 Å². The number of hydrogen-bond acceptors (Lipinski definition) is 0. The Balaban J connectivity index is 1.97. The van der Waals surface area contributed by atoms with Gasteiger partial charge in [0.1, 0.15) is 0 Å². The van der Waals surface area contributed by atoms with Crippen LogP contribution in [-0.2, 0) is 0 Å². The molecule has 0 atom stereocenters. The molecule has 1 N–H and O–H groups in total. The molecule has 2 aromatic carbocycles. The fourth-order valence-corrected chi connectivity index (χ4v) is 2.09. The third-order valence-electron chi connectivity index (χ3n) is 3.15. The first kappa shape index (κ1) is 10.8. The van der Waals surface area contributed by atoms with E-state index in [0.29, 0.717) is 0 Å². The molecule has 0 unspecified atom stereocenters. The topological polar surface area (TPSA) is 15.8 Å². The van der Waals surface area contributed by atoms with Crippen molar-refractivity contribution in [3.8, 4) is 22.4 Å². The molecule has 0 saturated carbocycles. The van der Waals surface area contributed by atoms with Crippen molar-refractivity contribution in [2.24, 2.45) is 0 Å². The predicted molar refractivity (Wildman–Crippen MR) is 76.4 cm³/mol. The molecule has 0 aliphatic carbocycles. The van der Waals surface area contributed by atoms with Gasteiger partial charge in [0.15, 0.2) is 0 Å². The molecule has 0 amide bonds. The summed E-state index contributed by atoms with van der Waals surface area (Å²) in [5.41, 5.74) is 6.15. The lowest BCUT2D eigenvalue weighted by Crippen LogP contribution is -1.75. The van der Waals surface area contributed by atoms with Gasteiger partial charge in [-0.25, -0.2) is 0 Å². The van der Waals surface area contributed by atoms with Crippen molar-refractivity contribution in [1.82, 2.24) is 4.98 Å². The lowest BCUT2D eigenvalue weighted by atomic mass is 10.1. The molecule has 0 fully saturated rings. The van der Waals surface area contributed by atoms with Gasteiger partial charge in [0, 0.05) is 11.9 Å². The minimum atomic E-state index is 1.16. The first-order valence-corrected chi connectivity index (χ1v) is 6.14. The number of nitrogens with one attached hydrogen (secondary N) is 1. The summed E-state index contributed by atoms with van der Waals surface area (Å²) in [4.78, 5) is 3.34. The summed E-state index contributed by atoms with van der Waals surface area (Å²) in [5, 5.41) is 0. The molecule has 0 radical (unpaired) electrons. The Morgan fingerprint density at radius 3 is 2.17 bits per heavy atom. The van der Waals surface area contributed by atoms with E-state index < -0.39 is 0 Å². The summed E-state index contributed by atoms with van der Waals surface area (Å²) in [6.45, 7) is 2.11. The van der Waals surface area contributed by atoms with E-state index in [2.05, 4.69) is 72.7 Å². The van der Waals surface area contributed by atoms with E-state index in [9.17, 15) is 0 Å². The van der Waals surface area contributed by atoms with E-state index in [-0.39, 0.29) is 0 Å². The third-order valence-corrected chi connectivity index (χ3v) is 3.15. The first-order valence-electron chi connectivity index (χ1n) is 6.14. The van der Waals surface area contributed by atoms with Gasteiger partial charge in [0.2, 0.25) is 0 Å². The molecule has 0 aliphatic heterocycles. The van der Waals surface area contributed by atoms with Crippen molar-refractivity contribution < 1.29 is 0 Å². The Hall–Kier alpha value is -2.28. The second-order valence-corrected chi connectivity index (χ2v) is 4.53. The number of aromatic amines is 1. The fraction of sp³-hybridized carbons (Fsp3) is 0.0588. The van der Waals surface area contributed by atoms with E-state index in [0.717, 1.165) is 5.69 Å². The highest BCUT2D eigenvalue weighted by molar-refractivity contribution is 5.71. The number of aromatic nitrogens is 1. The summed E-state index contributed by atoms with van der Waals surface area (Å²) < 4.78 is 0. The average Bonchev–Trinajstić information content (AvgIpc) is 2.90. The Morgan fingerprint density at radius 1 is 0.722 bits per heavy atom. The molecule has 0 spiro atoms. The quantitative estimate of drug-likeness (QED) is 0.662. The lowest BCUT2D eigenvalue weighted by Gasteiger charge is -1.98. The van der Waals surface area contributed by atoms with Crippen molar-refractivity contribution >= 4 is 0 Å². The van der Waals surface area contributed by atoms with Crippen LogP contribution in [0.5, 0.6) is 0 Å². The number of benzene rings is 2. The monoisotopic (exact) mass is 233 g/mol. The van der Waals surface area contributed by atoms with Crippen molar-refractivity contribution in [2.45, 2.75) is 6.92 Å². The highest BCUT2D eigenvalue weighted by atomic mass is 14.7. The van der Waals surface area contributed by atoms with Gasteiger partial charge in [-0.15, -0.1) is 0 Å². The van der Waals surface area contributed by atoms with Crippen molar-refractivity contribution in [3.63, 3.8) is 0 Å². The molecule has 88 valence electrons. The Labute approximate surface area is 107 Å². The highest BCUT2D eigenvalue weighted by Crippen LogP contribution is 2.25. The molecular formula is C17H15N. The molecule has 0 bridgehead atoms. The second kappa shape index (κ2) is 4.53.